The summed E-state index contributed by atoms with van der Waals surface area (Å²) in [5, 5.41) is 12.8. The predicted molar refractivity (Wildman–Crippen MR) is 81.7 cm³/mol. The Bertz CT molecular complexity index is 452. The van der Waals surface area contributed by atoms with Crippen molar-refractivity contribution in [3.05, 3.63) is 27.7 Å². The average Bonchev–Trinajstić information content (AvgIpc) is 2.30. The number of rotatable bonds is 4. The Kier molecular flexibility index (Phi) is 6.10. The van der Waals surface area contributed by atoms with E-state index in [1.54, 1.807) is 30.0 Å². The third kappa shape index (κ3) is 5.01. The standard InChI is InChI=1S/C13H18BrClN2O2/c1-8(2)17(7-9(3)18)13(19)16-10-4-5-12(15)11(14)6-10/h4-6,8-9,18H,7H2,1-3H3,(H,16,19). The molecule has 0 saturated carbocycles. The number of halogens is 2. The van der Waals surface area contributed by atoms with Crippen LogP contribution in [0.4, 0.5) is 10.5 Å². The second kappa shape index (κ2) is 7.12. The molecular formula is C13H18BrClN2O2. The molecule has 1 aromatic rings. The number of carbonyl (C=O) groups excluding carboxylic acids is 1. The van der Waals surface area contributed by atoms with E-state index in [0.717, 1.165) is 4.47 Å². The highest BCUT2D eigenvalue weighted by Crippen LogP contribution is 2.25. The molecule has 1 unspecified atom stereocenters. The number of hydrogen-bond donors (Lipinski definition) is 2. The number of benzene rings is 1. The quantitative estimate of drug-likeness (QED) is 0.870. The summed E-state index contributed by atoms with van der Waals surface area (Å²) in [5.41, 5.74) is 0.650. The molecule has 1 atom stereocenters. The zero-order valence-corrected chi connectivity index (χ0v) is 13.5. The van der Waals surface area contributed by atoms with Crippen molar-refractivity contribution in [1.29, 1.82) is 0 Å². The van der Waals surface area contributed by atoms with Crippen LogP contribution in [0.15, 0.2) is 22.7 Å². The van der Waals surface area contributed by atoms with Crippen molar-refractivity contribution in [2.45, 2.75) is 32.9 Å². The Morgan fingerprint density at radius 2 is 2.11 bits per heavy atom. The fourth-order valence-electron chi connectivity index (χ4n) is 1.58. The van der Waals surface area contributed by atoms with Crippen LogP contribution < -0.4 is 5.32 Å². The molecule has 0 bridgehead atoms. The van der Waals surface area contributed by atoms with Crippen molar-refractivity contribution in [3.8, 4) is 0 Å². The molecule has 0 aliphatic heterocycles. The average molecular weight is 350 g/mol. The number of urea groups is 1. The van der Waals surface area contributed by atoms with E-state index in [-0.39, 0.29) is 18.6 Å². The summed E-state index contributed by atoms with van der Waals surface area (Å²) in [4.78, 5) is 13.7. The van der Waals surface area contributed by atoms with Crippen LogP contribution in [0.5, 0.6) is 0 Å². The Labute approximate surface area is 126 Å². The molecule has 0 fully saturated rings. The number of anilines is 1. The van der Waals surface area contributed by atoms with Gasteiger partial charge in [0.1, 0.15) is 0 Å². The first-order chi connectivity index (χ1) is 8.81. The van der Waals surface area contributed by atoms with Gasteiger partial charge in [-0.15, -0.1) is 0 Å². The number of nitrogens with one attached hydrogen (secondary N) is 1. The van der Waals surface area contributed by atoms with Crippen LogP contribution in [0.3, 0.4) is 0 Å². The minimum absolute atomic E-state index is 0.00495. The Morgan fingerprint density at radius 1 is 1.47 bits per heavy atom. The summed E-state index contributed by atoms with van der Waals surface area (Å²) in [6, 6.07) is 4.93. The number of carbonyl (C=O) groups is 1. The van der Waals surface area contributed by atoms with Crippen LogP contribution in [-0.4, -0.2) is 34.7 Å². The lowest BCUT2D eigenvalue weighted by molar-refractivity contribution is 0.125. The maximum Gasteiger partial charge on any atom is 0.322 e. The molecule has 0 aliphatic carbocycles. The molecule has 1 rings (SSSR count). The van der Waals surface area contributed by atoms with Gasteiger partial charge in [-0.3, -0.25) is 0 Å². The minimum atomic E-state index is -0.565. The number of aliphatic hydroxyl groups excluding tert-OH is 1. The monoisotopic (exact) mass is 348 g/mol. The molecule has 106 valence electrons. The van der Waals surface area contributed by atoms with E-state index in [9.17, 15) is 9.90 Å². The largest absolute Gasteiger partial charge is 0.392 e. The number of nitrogens with zero attached hydrogens (tertiary/aromatic N) is 1. The van der Waals surface area contributed by atoms with E-state index in [0.29, 0.717) is 10.7 Å². The highest BCUT2D eigenvalue weighted by molar-refractivity contribution is 9.10. The normalized spacial score (nSPS) is 12.4. The van der Waals surface area contributed by atoms with Gasteiger partial charge in [0.2, 0.25) is 0 Å². The topological polar surface area (TPSA) is 52.6 Å². The van der Waals surface area contributed by atoms with Gasteiger partial charge in [0.15, 0.2) is 0 Å². The maximum absolute atomic E-state index is 12.1. The van der Waals surface area contributed by atoms with Gasteiger partial charge in [0.05, 0.1) is 11.1 Å². The Morgan fingerprint density at radius 3 is 2.58 bits per heavy atom. The van der Waals surface area contributed by atoms with Crippen molar-refractivity contribution >= 4 is 39.2 Å². The van der Waals surface area contributed by atoms with Gasteiger partial charge < -0.3 is 15.3 Å². The molecule has 1 aromatic carbocycles. The van der Waals surface area contributed by atoms with Gasteiger partial charge in [-0.25, -0.2) is 4.79 Å². The zero-order valence-electron chi connectivity index (χ0n) is 11.2. The van der Waals surface area contributed by atoms with Crippen LogP contribution in [0.2, 0.25) is 5.02 Å². The third-order valence-electron chi connectivity index (χ3n) is 2.52. The molecule has 0 aromatic heterocycles. The van der Waals surface area contributed by atoms with Gasteiger partial charge in [0, 0.05) is 22.7 Å². The fourth-order valence-corrected chi connectivity index (χ4v) is 2.08. The summed E-state index contributed by atoms with van der Waals surface area (Å²) in [5.74, 6) is 0. The van der Waals surface area contributed by atoms with Crippen LogP contribution >= 0.6 is 27.5 Å². The Balaban J connectivity index is 2.78. The first kappa shape index (κ1) is 16.3. The van der Waals surface area contributed by atoms with E-state index in [4.69, 9.17) is 11.6 Å². The molecule has 0 saturated heterocycles. The van der Waals surface area contributed by atoms with Crippen LogP contribution in [0.25, 0.3) is 0 Å². The van der Waals surface area contributed by atoms with Crippen molar-refractivity contribution in [3.63, 3.8) is 0 Å². The van der Waals surface area contributed by atoms with Crippen LogP contribution in [0.1, 0.15) is 20.8 Å². The lowest BCUT2D eigenvalue weighted by Gasteiger charge is -2.28. The molecule has 0 radical (unpaired) electrons. The van der Waals surface area contributed by atoms with Gasteiger partial charge in [-0.2, -0.15) is 0 Å². The summed E-state index contributed by atoms with van der Waals surface area (Å²) in [6.07, 6.45) is -0.565. The molecule has 0 heterocycles. The van der Waals surface area contributed by atoms with E-state index in [1.807, 2.05) is 13.8 Å². The molecular weight excluding hydrogens is 332 g/mol. The Hall–Kier alpha value is -0.780. The summed E-state index contributed by atoms with van der Waals surface area (Å²) in [6.45, 7) is 5.75. The second-order valence-electron chi connectivity index (χ2n) is 4.65. The lowest BCUT2D eigenvalue weighted by atomic mass is 10.3. The number of aliphatic hydroxyl groups is 1. The molecule has 6 heteroatoms. The molecule has 4 nitrogen and oxygen atoms in total. The minimum Gasteiger partial charge on any atom is -0.392 e. The van der Waals surface area contributed by atoms with Crippen molar-refractivity contribution in [1.82, 2.24) is 4.90 Å². The van der Waals surface area contributed by atoms with E-state index < -0.39 is 6.10 Å². The van der Waals surface area contributed by atoms with Gasteiger partial charge in [-0.05, 0) is 54.9 Å². The lowest BCUT2D eigenvalue weighted by Crippen LogP contribution is -2.43. The summed E-state index contributed by atoms with van der Waals surface area (Å²) >= 11 is 9.20. The van der Waals surface area contributed by atoms with E-state index in [2.05, 4.69) is 21.2 Å². The van der Waals surface area contributed by atoms with Crippen molar-refractivity contribution in [2.75, 3.05) is 11.9 Å². The number of amides is 2. The zero-order chi connectivity index (χ0) is 14.6. The second-order valence-corrected chi connectivity index (χ2v) is 5.92. The fraction of sp³-hybridized carbons (Fsp3) is 0.462. The van der Waals surface area contributed by atoms with Crippen molar-refractivity contribution < 1.29 is 9.90 Å². The van der Waals surface area contributed by atoms with E-state index >= 15 is 0 Å². The number of hydrogen-bond acceptors (Lipinski definition) is 2. The molecule has 19 heavy (non-hydrogen) atoms. The first-order valence-corrected chi connectivity index (χ1v) is 7.19. The van der Waals surface area contributed by atoms with Crippen LogP contribution in [0, 0.1) is 0 Å². The first-order valence-electron chi connectivity index (χ1n) is 6.02. The molecule has 0 aliphatic rings. The highest BCUT2D eigenvalue weighted by Gasteiger charge is 2.18. The van der Waals surface area contributed by atoms with Gasteiger partial charge in [0.25, 0.3) is 0 Å². The third-order valence-corrected chi connectivity index (χ3v) is 3.73. The van der Waals surface area contributed by atoms with Gasteiger partial charge >= 0.3 is 6.03 Å². The van der Waals surface area contributed by atoms with Crippen molar-refractivity contribution in [2.24, 2.45) is 0 Å². The van der Waals surface area contributed by atoms with Crippen LogP contribution in [-0.2, 0) is 0 Å². The predicted octanol–water partition coefficient (Wildman–Crippen LogP) is 3.73. The highest BCUT2D eigenvalue weighted by atomic mass is 79.9. The maximum atomic E-state index is 12.1. The summed E-state index contributed by atoms with van der Waals surface area (Å²) < 4.78 is 0.721. The molecule has 0 spiro atoms. The molecule has 2 amide bonds. The SMILES string of the molecule is CC(O)CN(C(=O)Nc1ccc(Cl)c(Br)c1)C(C)C. The smallest absolute Gasteiger partial charge is 0.322 e. The molecule has 2 N–H and O–H groups in total. The van der Waals surface area contributed by atoms with Gasteiger partial charge in [-0.1, -0.05) is 11.6 Å². The van der Waals surface area contributed by atoms with E-state index in [1.165, 1.54) is 0 Å². The summed E-state index contributed by atoms with van der Waals surface area (Å²) in [7, 11) is 0.